The SMILES string of the molecule is CC(=O)N1CCC2C(CSc3nnnn3CC(=O)Nc3ccc(O)cc3)=C(C(=O)[O-])N3C(=O)[C@@H]1[C@@H]23.[Na+]. The van der Waals surface area contributed by atoms with Gasteiger partial charge in [0, 0.05) is 30.8 Å². The van der Waals surface area contributed by atoms with Crippen LogP contribution in [0.15, 0.2) is 40.7 Å². The van der Waals surface area contributed by atoms with Gasteiger partial charge in [-0.25, -0.2) is 4.68 Å². The predicted octanol–water partition coefficient (Wildman–Crippen LogP) is -4.42. The van der Waals surface area contributed by atoms with E-state index in [9.17, 15) is 29.4 Å². The first-order chi connectivity index (χ1) is 16.8. The Balaban J connectivity index is 0.00000304. The number of benzene rings is 1. The number of carboxylic acids is 1. The van der Waals surface area contributed by atoms with Gasteiger partial charge < -0.3 is 30.1 Å². The fraction of sp³-hybridized carbons (Fsp3) is 0.381. The van der Waals surface area contributed by atoms with Gasteiger partial charge in [-0.3, -0.25) is 14.4 Å². The van der Waals surface area contributed by atoms with Gasteiger partial charge in [0.1, 0.15) is 18.3 Å². The molecule has 0 spiro atoms. The number of rotatable bonds is 7. The van der Waals surface area contributed by atoms with Gasteiger partial charge in [0.2, 0.25) is 17.0 Å². The molecular formula is C21H20N7NaO6S. The van der Waals surface area contributed by atoms with Crippen molar-refractivity contribution in [2.24, 2.45) is 5.92 Å². The van der Waals surface area contributed by atoms with Crippen molar-refractivity contribution in [2.75, 3.05) is 17.6 Å². The molecule has 2 N–H and O–H groups in total. The molecule has 0 saturated carbocycles. The van der Waals surface area contributed by atoms with Crippen LogP contribution in [0.4, 0.5) is 5.69 Å². The summed E-state index contributed by atoms with van der Waals surface area (Å²) in [7, 11) is 0. The second kappa shape index (κ2) is 10.2. The molecule has 182 valence electrons. The number of anilines is 1. The van der Waals surface area contributed by atoms with Crippen molar-refractivity contribution in [1.29, 1.82) is 0 Å². The summed E-state index contributed by atoms with van der Waals surface area (Å²) in [6.45, 7) is 1.58. The number of phenols is 1. The Bertz CT molecular complexity index is 1270. The van der Waals surface area contributed by atoms with E-state index in [4.69, 9.17) is 0 Å². The number of amides is 3. The molecule has 0 bridgehead atoms. The Morgan fingerprint density at radius 2 is 1.97 bits per heavy atom. The van der Waals surface area contributed by atoms with E-state index in [0.717, 1.165) is 11.8 Å². The first-order valence-electron chi connectivity index (χ1n) is 10.8. The van der Waals surface area contributed by atoms with Gasteiger partial charge >= 0.3 is 29.6 Å². The molecule has 2 aromatic rings. The first kappa shape index (κ1) is 26.1. The summed E-state index contributed by atoms with van der Waals surface area (Å²) in [6, 6.07) is 4.92. The molecule has 15 heteroatoms. The number of likely N-dealkylation sites (tertiary alicyclic amines) is 1. The Morgan fingerprint density at radius 3 is 2.64 bits per heavy atom. The minimum atomic E-state index is -1.44. The van der Waals surface area contributed by atoms with E-state index >= 15 is 0 Å². The van der Waals surface area contributed by atoms with Crippen LogP contribution in [0.25, 0.3) is 0 Å². The summed E-state index contributed by atoms with van der Waals surface area (Å²) in [5, 5.41) is 35.7. The molecule has 13 nitrogen and oxygen atoms in total. The molecule has 2 fully saturated rings. The van der Waals surface area contributed by atoms with E-state index in [-0.39, 0.29) is 65.1 Å². The number of carbonyl (C=O) groups excluding carboxylic acids is 4. The van der Waals surface area contributed by atoms with Crippen molar-refractivity contribution < 1.29 is 58.9 Å². The summed E-state index contributed by atoms with van der Waals surface area (Å²) in [4.78, 5) is 51.7. The quantitative estimate of drug-likeness (QED) is 0.157. The van der Waals surface area contributed by atoms with Gasteiger partial charge in [0.15, 0.2) is 0 Å². The van der Waals surface area contributed by atoms with E-state index in [0.29, 0.717) is 29.4 Å². The number of aromatic nitrogens is 4. The number of β-lactam (4-membered cyclic amide) rings is 1. The number of piperidine rings is 1. The van der Waals surface area contributed by atoms with Gasteiger partial charge in [0.05, 0.1) is 17.7 Å². The number of carboxylic acid groups (broad SMARTS) is 1. The Labute approximate surface area is 231 Å². The molecule has 1 aromatic carbocycles. The normalized spacial score (nSPS) is 22.0. The monoisotopic (exact) mass is 521 g/mol. The summed E-state index contributed by atoms with van der Waals surface area (Å²) in [5.41, 5.74) is 0.885. The largest absolute Gasteiger partial charge is 1.00 e. The molecule has 3 amide bonds. The van der Waals surface area contributed by atoms with Crippen LogP contribution in [0.5, 0.6) is 5.75 Å². The number of phenolic OH excluding ortho intramolecular Hbond substituents is 1. The first-order valence-corrected chi connectivity index (χ1v) is 11.8. The second-order valence-electron chi connectivity index (χ2n) is 8.42. The maximum absolute atomic E-state index is 12.7. The van der Waals surface area contributed by atoms with Gasteiger partial charge in [-0.15, -0.1) is 5.10 Å². The molecule has 3 aliphatic rings. The minimum absolute atomic E-state index is 0. The molecule has 0 aliphatic carbocycles. The third-order valence-electron chi connectivity index (χ3n) is 6.43. The summed E-state index contributed by atoms with van der Waals surface area (Å²) < 4.78 is 1.29. The molecule has 4 heterocycles. The molecule has 5 rings (SSSR count). The predicted molar refractivity (Wildman–Crippen MR) is 117 cm³/mol. The van der Waals surface area contributed by atoms with Crippen molar-refractivity contribution >= 4 is 41.1 Å². The average Bonchev–Trinajstić information content (AvgIpc) is 3.38. The van der Waals surface area contributed by atoms with Gasteiger partial charge in [-0.05, 0) is 46.7 Å². The fourth-order valence-electron chi connectivity index (χ4n) is 4.95. The smallest absolute Gasteiger partial charge is 0.543 e. The average molecular weight is 521 g/mol. The number of aromatic hydroxyl groups is 1. The third-order valence-corrected chi connectivity index (χ3v) is 7.44. The van der Waals surface area contributed by atoms with Crippen LogP contribution in [-0.2, 0) is 25.7 Å². The Hall–Kier alpha value is -2.94. The van der Waals surface area contributed by atoms with E-state index in [2.05, 4.69) is 20.8 Å². The van der Waals surface area contributed by atoms with Crippen LogP contribution in [0.3, 0.4) is 0 Å². The molecule has 3 aliphatic heterocycles. The third kappa shape index (κ3) is 4.49. The maximum Gasteiger partial charge on any atom is 1.00 e. The second-order valence-corrected chi connectivity index (χ2v) is 9.36. The minimum Gasteiger partial charge on any atom is -0.543 e. The van der Waals surface area contributed by atoms with E-state index < -0.39 is 29.9 Å². The molecule has 1 aromatic heterocycles. The van der Waals surface area contributed by atoms with Crippen LogP contribution >= 0.6 is 11.8 Å². The molecule has 36 heavy (non-hydrogen) atoms. The summed E-state index contributed by atoms with van der Waals surface area (Å²) >= 11 is 1.15. The standard InChI is InChI=1S/C21H21N7O6S.Na/c1-10(29)26-7-6-13-14(17(20(33)34)28-16(13)18(26)19(28)32)9-35-21-23-24-25-27(21)8-15(31)22-11-2-4-12(30)5-3-11;/h2-5,13,16,18,30H,6-9H2,1H3,(H,22,31)(H,33,34);/q;+1/p-1/t13?,16-,18+;/m1./s1. The number of tetrazole rings is 1. The van der Waals surface area contributed by atoms with Crippen LogP contribution in [0.2, 0.25) is 0 Å². The number of carbonyl (C=O) groups is 4. The van der Waals surface area contributed by atoms with Crippen molar-refractivity contribution in [2.45, 2.75) is 37.1 Å². The Morgan fingerprint density at radius 1 is 1.25 bits per heavy atom. The number of aliphatic carboxylic acids is 1. The molecule has 1 unspecified atom stereocenters. The zero-order valence-corrected chi connectivity index (χ0v) is 22.3. The van der Waals surface area contributed by atoms with Crippen molar-refractivity contribution in [3.05, 3.63) is 35.5 Å². The van der Waals surface area contributed by atoms with Crippen LogP contribution in [0, 0.1) is 5.92 Å². The molecular weight excluding hydrogens is 501 g/mol. The van der Waals surface area contributed by atoms with Crippen molar-refractivity contribution in [1.82, 2.24) is 30.0 Å². The zero-order valence-electron chi connectivity index (χ0n) is 19.4. The zero-order chi connectivity index (χ0) is 24.9. The number of hydrogen-bond donors (Lipinski definition) is 2. The van der Waals surface area contributed by atoms with Crippen LogP contribution < -0.4 is 40.0 Å². The number of nitrogens with one attached hydrogen (secondary N) is 1. The van der Waals surface area contributed by atoms with Gasteiger partial charge in [-0.2, -0.15) is 0 Å². The van der Waals surface area contributed by atoms with Crippen molar-refractivity contribution in [3.63, 3.8) is 0 Å². The fourth-order valence-corrected chi connectivity index (χ4v) is 5.93. The Kier molecular flexibility index (Phi) is 7.41. The van der Waals surface area contributed by atoms with E-state index in [1.807, 2.05) is 0 Å². The molecule has 2 saturated heterocycles. The molecule has 3 atom stereocenters. The van der Waals surface area contributed by atoms with E-state index in [1.54, 1.807) is 12.1 Å². The topological polar surface area (TPSA) is 174 Å². The van der Waals surface area contributed by atoms with Crippen LogP contribution in [-0.4, -0.2) is 83.2 Å². The van der Waals surface area contributed by atoms with E-state index in [1.165, 1.54) is 33.5 Å². The van der Waals surface area contributed by atoms with Crippen molar-refractivity contribution in [3.8, 4) is 5.75 Å². The number of nitrogens with zero attached hydrogens (tertiary/aromatic N) is 6. The number of thioether (sulfide) groups is 1. The van der Waals surface area contributed by atoms with Gasteiger partial charge in [0.25, 0.3) is 5.91 Å². The summed E-state index contributed by atoms with van der Waals surface area (Å²) in [6.07, 6.45) is 0.525. The number of hydrogen-bond acceptors (Lipinski definition) is 10. The maximum atomic E-state index is 12.7. The van der Waals surface area contributed by atoms with Crippen LogP contribution in [0.1, 0.15) is 13.3 Å². The molecule has 0 radical (unpaired) electrons. The summed E-state index contributed by atoms with van der Waals surface area (Å²) in [5.74, 6) is -2.42. The van der Waals surface area contributed by atoms with Gasteiger partial charge in [-0.1, -0.05) is 11.8 Å².